The highest BCUT2D eigenvalue weighted by Crippen LogP contribution is 2.31. The molecule has 5 nitrogen and oxygen atoms in total. The van der Waals surface area contributed by atoms with Crippen molar-refractivity contribution in [1.29, 1.82) is 0 Å². The van der Waals surface area contributed by atoms with E-state index in [0.29, 0.717) is 35.1 Å². The number of methoxy groups -OCH3 is 2. The smallest absolute Gasteiger partial charge is 0.263 e. The van der Waals surface area contributed by atoms with E-state index in [1.807, 2.05) is 18.2 Å². The van der Waals surface area contributed by atoms with Crippen LogP contribution in [0.1, 0.15) is 30.1 Å². The lowest BCUT2D eigenvalue weighted by Gasteiger charge is -2.15. The number of anilines is 1. The number of amides is 1. The van der Waals surface area contributed by atoms with Gasteiger partial charge in [0, 0.05) is 0 Å². The van der Waals surface area contributed by atoms with Crippen LogP contribution >= 0.6 is 0 Å². The number of benzene rings is 2. The molecule has 2 aromatic rings. The molecule has 0 bridgehead atoms. The van der Waals surface area contributed by atoms with Crippen LogP contribution in [0, 0.1) is 0 Å². The zero-order valence-electron chi connectivity index (χ0n) is 14.3. The Balaban J connectivity index is 2.24. The van der Waals surface area contributed by atoms with Gasteiger partial charge in [-0.3, -0.25) is 4.79 Å². The third-order valence-corrected chi connectivity index (χ3v) is 3.55. The fourth-order valence-corrected chi connectivity index (χ4v) is 2.28. The van der Waals surface area contributed by atoms with Crippen molar-refractivity contribution >= 4 is 11.6 Å². The molecule has 0 atom stereocenters. The van der Waals surface area contributed by atoms with Gasteiger partial charge in [0.25, 0.3) is 5.91 Å². The van der Waals surface area contributed by atoms with Crippen molar-refractivity contribution in [3.05, 3.63) is 48.0 Å². The van der Waals surface area contributed by atoms with Gasteiger partial charge in [0.15, 0.2) is 0 Å². The molecule has 1 N–H and O–H groups in total. The zero-order valence-corrected chi connectivity index (χ0v) is 14.3. The molecule has 1 amide bonds. The average molecular weight is 329 g/mol. The molecule has 0 fully saturated rings. The van der Waals surface area contributed by atoms with E-state index in [2.05, 4.69) is 12.2 Å². The van der Waals surface area contributed by atoms with Crippen LogP contribution < -0.4 is 19.5 Å². The largest absolute Gasteiger partial charge is 0.496 e. The summed E-state index contributed by atoms with van der Waals surface area (Å²) in [7, 11) is 3.04. The van der Waals surface area contributed by atoms with Crippen molar-refractivity contribution in [2.75, 3.05) is 26.1 Å². The number of hydrogen-bond acceptors (Lipinski definition) is 4. The fourth-order valence-electron chi connectivity index (χ4n) is 2.28. The molecule has 0 aliphatic heterocycles. The molecule has 0 saturated carbocycles. The lowest BCUT2D eigenvalue weighted by molar-refractivity contribution is 0.102. The van der Waals surface area contributed by atoms with Crippen LogP contribution in [0.2, 0.25) is 0 Å². The van der Waals surface area contributed by atoms with Gasteiger partial charge in [-0.15, -0.1) is 0 Å². The summed E-state index contributed by atoms with van der Waals surface area (Å²) >= 11 is 0. The van der Waals surface area contributed by atoms with Gasteiger partial charge >= 0.3 is 0 Å². The minimum absolute atomic E-state index is 0.309. The third-order valence-electron chi connectivity index (χ3n) is 3.55. The number of ether oxygens (including phenoxy) is 3. The molecule has 128 valence electrons. The predicted octanol–water partition coefficient (Wildman–Crippen LogP) is 4.14. The highest BCUT2D eigenvalue weighted by Gasteiger charge is 2.19. The predicted molar refractivity (Wildman–Crippen MR) is 94.3 cm³/mol. The molecule has 0 aromatic heterocycles. The summed E-state index contributed by atoms with van der Waals surface area (Å²) in [6.45, 7) is 2.71. The van der Waals surface area contributed by atoms with Crippen LogP contribution in [0.5, 0.6) is 17.2 Å². The van der Waals surface area contributed by atoms with Gasteiger partial charge in [-0.05, 0) is 30.7 Å². The Labute approximate surface area is 142 Å². The molecule has 0 radical (unpaired) electrons. The SMILES string of the molecule is CCCCOc1ccccc1NC(=O)c1c(OC)cccc1OC. The lowest BCUT2D eigenvalue weighted by Crippen LogP contribution is -2.15. The van der Waals surface area contributed by atoms with Gasteiger partial charge in [0.05, 0.1) is 26.5 Å². The van der Waals surface area contributed by atoms with E-state index in [0.717, 1.165) is 12.8 Å². The van der Waals surface area contributed by atoms with Crippen molar-refractivity contribution in [2.24, 2.45) is 0 Å². The van der Waals surface area contributed by atoms with Crippen LogP contribution in [0.25, 0.3) is 0 Å². The average Bonchev–Trinajstić information content (AvgIpc) is 2.62. The third kappa shape index (κ3) is 4.19. The van der Waals surface area contributed by atoms with Crippen molar-refractivity contribution in [3.8, 4) is 17.2 Å². The highest BCUT2D eigenvalue weighted by molar-refractivity contribution is 6.08. The molecular weight excluding hydrogens is 306 g/mol. The van der Waals surface area contributed by atoms with E-state index in [4.69, 9.17) is 14.2 Å². The Morgan fingerprint density at radius 1 is 0.958 bits per heavy atom. The van der Waals surface area contributed by atoms with Crippen LogP contribution in [-0.4, -0.2) is 26.7 Å². The molecule has 2 aromatic carbocycles. The number of para-hydroxylation sites is 2. The van der Waals surface area contributed by atoms with Gasteiger partial charge in [-0.2, -0.15) is 0 Å². The molecule has 0 unspecified atom stereocenters. The second-order valence-corrected chi connectivity index (χ2v) is 5.19. The van der Waals surface area contributed by atoms with Crippen LogP contribution in [0.4, 0.5) is 5.69 Å². The Morgan fingerprint density at radius 2 is 1.58 bits per heavy atom. The van der Waals surface area contributed by atoms with Gasteiger partial charge in [0.1, 0.15) is 22.8 Å². The molecule has 0 saturated heterocycles. The first-order valence-corrected chi connectivity index (χ1v) is 7.95. The van der Waals surface area contributed by atoms with Crippen molar-refractivity contribution in [2.45, 2.75) is 19.8 Å². The quantitative estimate of drug-likeness (QED) is 0.740. The summed E-state index contributed by atoms with van der Waals surface area (Å²) in [5, 5.41) is 2.88. The first-order chi connectivity index (χ1) is 11.7. The van der Waals surface area contributed by atoms with Gasteiger partial charge in [-0.1, -0.05) is 31.5 Å². The second-order valence-electron chi connectivity index (χ2n) is 5.19. The second kappa shape index (κ2) is 8.82. The van der Waals surface area contributed by atoms with Gasteiger partial charge < -0.3 is 19.5 Å². The highest BCUT2D eigenvalue weighted by atomic mass is 16.5. The van der Waals surface area contributed by atoms with Crippen LogP contribution in [0.15, 0.2) is 42.5 Å². The summed E-state index contributed by atoms with van der Waals surface area (Å²) in [5.74, 6) is 1.25. The topological polar surface area (TPSA) is 56.8 Å². The number of nitrogens with one attached hydrogen (secondary N) is 1. The number of carbonyl (C=O) groups is 1. The summed E-state index contributed by atoms with van der Waals surface area (Å²) in [6, 6.07) is 12.6. The van der Waals surface area contributed by atoms with Crippen molar-refractivity contribution in [1.82, 2.24) is 0 Å². The monoisotopic (exact) mass is 329 g/mol. The Hall–Kier alpha value is -2.69. The van der Waals surface area contributed by atoms with Crippen LogP contribution in [0.3, 0.4) is 0 Å². The number of unbranched alkanes of at least 4 members (excludes halogenated alkanes) is 1. The van der Waals surface area contributed by atoms with E-state index in [1.54, 1.807) is 24.3 Å². The van der Waals surface area contributed by atoms with Gasteiger partial charge in [-0.25, -0.2) is 0 Å². The van der Waals surface area contributed by atoms with E-state index >= 15 is 0 Å². The summed E-state index contributed by atoms with van der Waals surface area (Å²) < 4.78 is 16.3. The molecular formula is C19H23NO4. The summed E-state index contributed by atoms with van der Waals surface area (Å²) in [4.78, 5) is 12.7. The zero-order chi connectivity index (χ0) is 17.4. The first kappa shape index (κ1) is 17.7. The van der Waals surface area contributed by atoms with E-state index in [-0.39, 0.29) is 5.91 Å². The maximum Gasteiger partial charge on any atom is 0.263 e. The summed E-state index contributed by atoms with van der Waals surface area (Å²) in [5.41, 5.74) is 0.970. The minimum atomic E-state index is -0.309. The summed E-state index contributed by atoms with van der Waals surface area (Å²) in [6.07, 6.45) is 2.01. The maximum absolute atomic E-state index is 12.7. The standard InChI is InChI=1S/C19H23NO4/c1-4-5-13-24-15-10-7-6-9-14(15)20-19(21)18-16(22-2)11-8-12-17(18)23-3/h6-12H,4-5,13H2,1-3H3,(H,20,21). The van der Waals surface area contributed by atoms with E-state index < -0.39 is 0 Å². The lowest BCUT2D eigenvalue weighted by atomic mass is 10.1. The van der Waals surface area contributed by atoms with E-state index in [9.17, 15) is 4.79 Å². The molecule has 5 heteroatoms. The molecule has 24 heavy (non-hydrogen) atoms. The molecule has 0 heterocycles. The maximum atomic E-state index is 12.7. The Kier molecular flexibility index (Phi) is 6.49. The fraction of sp³-hybridized carbons (Fsp3) is 0.316. The van der Waals surface area contributed by atoms with Crippen LogP contribution in [-0.2, 0) is 0 Å². The Morgan fingerprint density at radius 3 is 2.21 bits per heavy atom. The number of hydrogen-bond donors (Lipinski definition) is 1. The Bertz CT molecular complexity index is 663. The molecule has 2 rings (SSSR count). The van der Waals surface area contributed by atoms with Crippen molar-refractivity contribution < 1.29 is 19.0 Å². The first-order valence-electron chi connectivity index (χ1n) is 7.95. The van der Waals surface area contributed by atoms with E-state index in [1.165, 1.54) is 14.2 Å². The minimum Gasteiger partial charge on any atom is -0.496 e. The van der Waals surface area contributed by atoms with Gasteiger partial charge in [0.2, 0.25) is 0 Å². The molecule has 0 spiro atoms. The molecule has 0 aliphatic rings. The molecule has 0 aliphatic carbocycles. The number of carbonyl (C=O) groups excluding carboxylic acids is 1. The normalized spacial score (nSPS) is 10.1. The van der Waals surface area contributed by atoms with Crippen molar-refractivity contribution in [3.63, 3.8) is 0 Å². The number of rotatable bonds is 8.